The van der Waals surface area contributed by atoms with Gasteiger partial charge in [-0.05, 0) is 25.1 Å². The van der Waals surface area contributed by atoms with Crippen LogP contribution >= 0.6 is 0 Å². The summed E-state index contributed by atoms with van der Waals surface area (Å²) in [7, 11) is 0. The number of halogens is 3. The largest absolute Gasteiger partial charge is 0.418 e. The number of anilines is 1. The molecule has 0 fully saturated rings. The number of amides is 1. The number of benzene rings is 1. The number of aliphatic hydroxyl groups excluding tert-OH is 1. The second-order valence-corrected chi connectivity index (χ2v) is 4.98. The van der Waals surface area contributed by atoms with E-state index in [9.17, 15) is 23.1 Å². The molecule has 124 valence electrons. The quantitative estimate of drug-likeness (QED) is 0.813. The van der Waals surface area contributed by atoms with Crippen LogP contribution in [0.1, 0.15) is 25.8 Å². The van der Waals surface area contributed by atoms with E-state index < -0.39 is 23.8 Å². The number of rotatable bonds is 7. The Bertz CT molecular complexity index is 492. The Morgan fingerprint density at radius 3 is 2.50 bits per heavy atom. The number of aliphatic hydroxyl groups is 1. The number of alkyl halides is 3. The monoisotopic (exact) mass is 318 g/mol. The number of carbonyl (C=O) groups excluding carboxylic acids is 1. The van der Waals surface area contributed by atoms with E-state index in [2.05, 4.69) is 5.32 Å². The second-order valence-electron chi connectivity index (χ2n) is 4.98. The number of hydrogen-bond acceptors (Lipinski definition) is 3. The highest BCUT2D eigenvalue weighted by Gasteiger charge is 2.33. The molecule has 0 aliphatic heterocycles. The lowest BCUT2D eigenvalue weighted by Crippen LogP contribution is -2.38. The molecule has 7 heteroatoms. The van der Waals surface area contributed by atoms with E-state index in [1.54, 1.807) is 4.90 Å². The molecule has 0 aromatic heterocycles. The van der Waals surface area contributed by atoms with Gasteiger partial charge in [-0.2, -0.15) is 13.2 Å². The molecule has 0 aliphatic rings. The summed E-state index contributed by atoms with van der Waals surface area (Å²) < 4.78 is 38.6. The number of nitrogens with zero attached hydrogens (tertiary/aromatic N) is 1. The first kappa shape index (κ1) is 18.4. The van der Waals surface area contributed by atoms with Crippen molar-refractivity contribution in [2.45, 2.75) is 32.5 Å². The van der Waals surface area contributed by atoms with E-state index in [1.165, 1.54) is 18.2 Å². The van der Waals surface area contributed by atoms with Crippen molar-refractivity contribution in [1.29, 1.82) is 0 Å². The maximum absolute atomic E-state index is 12.9. The zero-order chi connectivity index (χ0) is 16.8. The first-order valence-electron chi connectivity index (χ1n) is 7.14. The third-order valence-electron chi connectivity index (χ3n) is 3.26. The predicted octanol–water partition coefficient (Wildman–Crippen LogP) is 2.74. The van der Waals surface area contributed by atoms with Crippen molar-refractivity contribution >= 4 is 11.6 Å². The summed E-state index contributed by atoms with van der Waals surface area (Å²) in [6.07, 6.45) is -4.53. The fraction of sp³-hybridized carbons (Fsp3) is 0.533. The highest BCUT2D eigenvalue weighted by molar-refractivity contribution is 5.93. The van der Waals surface area contributed by atoms with Crippen molar-refractivity contribution in [3.63, 3.8) is 0 Å². The first-order chi connectivity index (χ1) is 10.3. The Morgan fingerprint density at radius 2 is 1.95 bits per heavy atom. The summed E-state index contributed by atoms with van der Waals surface area (Å²) in [6.45, 7) is 4.39. The van der Waals surface area contributed by atoms with Crippen LogP contribution in [0.2, 0.25) is 0 Å². The van der Waals surface area contributed by atoms with Gasteiger partial charge in [0.25, 0.3) is 0 Å². The predicted molar refractivity (Wildman–Crippen MR) is 78.5 cm³/mol. The van der Waals surface area contributed by atoms with Crippen molar-refractivity contribution < 1.29 is 23.1 Å². The summed E-state index contributed by atoms with van der Waals surface area (Å²) in [6, 6.07) is 4.85. The molecule has 0 aliphatic carbocycles. The lowest BCUT2D eigenvalue weighted by molar-refractivity contribution is -0.137. The SMILES string of the molecule is CC[C@@H](O)CN(CC)CC(=O)Nc1ccccc1C(F)(F)F. The third kappa shape index (κ3) is 5.65. The molecule has 0 saturated heterocycles. The fourth-order valence-corrected chi connectivity index (χ4v) is 1.96. The Labute approximate surface area is 127 Å². The fourth-order valence-electron chi connectivity index (χ4n) is 1.96. The van der Waals surface area contributed by atoms with E-state index in [1.807, 2.05) is 13.8 Å². The zero-order valence-electron chi connectivity index (χ0n) is 12.7. The Morgan fingerprint density at radius 1 is 1.32 bits per heavy atom. The molecule has 1 amide bonds. The van der Waals surface area contributed by atoms with Gasteiger partial charge in [0.1, 0.15) is 0 Å². The van der Waals surface area contributed by atoms with Crippen molar-refractivity contribution in [3.8, 4) is 0 Å². The minimum absolute atomic E-state index is 0.0697. The van der Waals surface area contributed by atoms with Gasteiger partial charge in [0, 0.05) is 6.54 Å². The normalized spacial score (nSPS) is 13.2. The molecular formula is C15H21F3N2O2. The second kappa shape index (κ2) is 8.14. The van der Waals surface area contributed by atoms with Crippen LogP contribution in [0.5, 0.6) is 0 Å². The van der Waals surface area contributed by atoms with Crippen molar-refractivity contribution in [2.24, 2.45) is 0 Å². The van der Waals surface area contributed by atoms with Crippen LogP contribution in [0.3, 0.4) is 0 Å². The lowest BCUT2D eigenvalue weighted by atomic mass is 10.1. The Kier molecular flexibility index (Phi) is 6.83. The van der Waals surface area contributed by atoms with Crippen LogP contribution in [-0.4, -0.2) is 41.7 Å². The van der Waals surface area contributed by atoms with E-state index in [0.29, 0.717) is 19.5 Å². The van der Waals surface area contributed by atoms with Gasteiger partial charge in [0.05, 0.1) is 23.9 Å². The van der Waals surface area contributed by atoms with Crippen LogP contribution in [0.4, 0.5) is 18.9 Å². The molecule has 0 spiro atoms. The Balaban J connectivity index is 2.73. The van der Waals surface area contributed by atoms with Gasteiger partial charge in [0.2, 0.25) is 5.91 Å². The van der Waals surface area contributed by atoms with Gasteiger partial charge in [-0.1, -0.05) is 26.0 Å². The van der Waals surface area contributed by atoms with Gasteiger partial charge in [-0.3, -0.25) is 9.69 Å². The molecule has 0 bridgehead atoms. The van der Waals surface area contributed by atoms with E-state index >= 15 is 0 Å². The molecule has 0 unspecified atom stereocenters. The molecule has 1 atom stereocenters. The van der Waals surface area contributed by atoms with Crippen LogP contribution in [0.15, 0.2) is 24.3 Å². The molecule has 0 saturated carbocycles. The number of carbonyl (C=O) groups is 1. The lowest BCUT2D eigenvalue weighted by Gasteiger charge is -2.22. The third-order valence-corrected chi connectivity index (χ3v) is 3.26. The van der Waals surface area contributed by atoms with E-state index in [-0.39, 0.29) is 12.2 Å². The minimum atomic E-state index is -4.52. The summed E-state index contributed by atoms with van der Waals surface area (Å²) >= 11 is 0. The smallest absolute Gasteiger partial charge is 0.392 e. The molecule has 0 heterocycles. The van der Waals surface area contributed by atoms with E-state index in [0.717, 1.165) is 6.07 Å². The maximum atomic E-state index is 12.9. The molecule has 1 aromatic carbocycles. The highest BCUT2D eigenvalue weighted by Crippen LogP contribution is 2.34. The number of likely N-dealkylation sites (N-methyl/N-ethyl adjacent to an activating group) is 1. The van der Waals surface area contributed by atoms with Crippen LogP contribution in [-0.2, 0) is 11.0 Å². The molecule has 4 nitrogen and oxygen atoms in total. The Hall–Kier alpha value is -1.60. The van der Waals surface area contributed by atoms with Gasteiger partial charge in [-0.15, -0.1) is 0 Å². The molecule has 1 aromatic rings. The average molecular weight is 318 g/mol. The molecule has 2 N–H and O–H groups in total. The van der Waals surface area contributed by atoms with E-state index in [4.69, 9.17) is 0 Å². The molecular weight excluding hydrogens is 297 g/mol. The topological polar surface area (TPSA) is 52.6 Å². The van der Waals surface area contributed by atoms with Gasteiger partial charge in [-0.25, -0.2) is 0 Å². The van der Waals surface area contributed by atoms with Crippen LogP contribution in [0.25, 0.3) is 0 Å². The number of hydrogen-bond donors (Lipinski definition) is 2. The van der Waals surface area contributed by atoms with Crippen LogP contribution in [0, 0.1) is 0 Å². The van der Waals surface area contributed by atoms with Crippen molar-refractivity contribution in [2.75, 3.05) is 25.0 Å². The molecule has 1 rings (SSSR count). The molecule has 22 heavy (non-hydrogen) atoms. The van der Waals surface area contributed by atoms with Crippen molar-refractivity contribution in [3.05, 3.63) is 29.8 Å². The average Bonchev–Trinajstić information content (AvgIpc) is 2.45. The zero-order valence-corrected chi connectivity index (χ0v) is 12.7. The van der Waals surface area contributed by atoms with Crippen LogP contribution < -0.4 is 5.32 Å². The van der Waals surface area contributed by atoms with Gasteiger partial charge < -0.3 is 10.4 Å². The highest BCUT2D eigenvalue weighted by atomic mass is 19.4. The first-order valence-corrected chi connectivity index (χ1v) is 7.14. The van der Waals surface area contributed by atoms with Gasteiger partial charge >= 0.3 is 6.18 Å². The number of para-hydroxylation sites is 1. The molecule has 0 radical (unpaired) electrons. The van der Waals surface area contributed by atoms with Crippen molar-refractivity contribution in [1.82, 2.24) is 4.90 Å². The number of nitrogens with one attached hydrogen (secondary N) is 1. The maximum Gasteiger partial charge on any atom is 0.418 e. The summed E-state index contributed by atoms with van der Waals surface area (Å²) in [5.74, 6) is -0.540. The summed E-state index contributed by atoms with van der Waals surface area (Å²) in [5.41, 5.74) is -1.13. The van der Waals surface area contributed by atoms with Gasteiger partial charge in [0.15, 0.2) is 0 Å². The summed E-state index contributed by atoms with van der Waals surface area (Å²) in [5, 5.41) is 11.9. The summed E-state index contributed by atoms with van der Waals surface area (Å²) in [4.78, 5) is 13.6. The standard InChI is InChI=1S/C15H21F3N2O2/c1-3-11(21)9-20(4-2)10-14(22)19-13-8-6-5-7-12(13)15(16,17)18/h5-8,11,21H,3-4,9-10H2,1-2H3,(H,19,22)/t11-/m1/s1. The minimum Gasteiger partial charge on any atom is -0.392 e.